The summed E-state index contributed by atoms with van der Waals surface area (Å²) in [7, 11) is 0. The molecule has 0 fully saturated rings. The SMILES string of the molecule is CCCC1Oc2ccccc2C(=O)C1CC(C)C#N. The molecule has 1 aromatic carbocycles. The monoisotopic (exact) mass is 257 g/mol. The molecule has 1 aromatic rings. The van der Waals surface area contributed by atoms with E-state index in [4.69, 9.17) is 10.00 Å². The zero-order chi connectivity index (χ0) is 13.8. The van der Waals surface area contributed by atoms with Gasteiger partial charge in [-0.05, 0) is 31.9 Å². The predicted octanol–water partition coefficient (Wildman–Crippen LogP) is 3.60. The van der Waals surface area contributed by atoms with Crippen LogP contribution < -0.4 is 4.74 Å². The molecule has 0 bridgehead atoms. The quantitative estimate of drug-likeness (QED) is 0.828. The number of Topliss-reactive ketones (excluding diaryl/α,β-unsaturated/α-hetero) is 1. The lowest BCUT2D eigenvalue weighted by molar-refractivity contribution is 0.0595. The van der Waals surface area contributed by atoms with Gasteiger partial charge in [0.15, 0.2) is 5.78 Å². The Morgan fingerprint density at radius 3 is 2.84 bits per heavy atom. The maximum Gasteiger partial charge on any atom is 0.173 e. The summed E-state index contributed by atoms with van der Waals surface area (Å²) in [6.45, 7) is 3.94. The molecule has 2 rings (SSSR count). The van der Waals surface area contributed by atoms with Crippen molar-refractivity contribution in [3.8, 4) is 11.8 Å². The van der Waals surface area contributed by atoms with Crippen LogP contribution in [0.5, 0.6) is 5.75 Å². The van der Waals surface area contributed by atoms with Crippen molar-refractivity contribution in [2.24, 2.45) is 11.8 Å². The van der Waals surface area contributed by atoms with E-state index < -0.39 is 0 Å². The average Bonchev–Trinajstić information content (AvgIpc) is 2.43. The van der Waals surface area contributed by atoms with E-state index >= 15 is 0 Å². The number of nitrogens with zero attached hydrogens (tertiary/aromatic N) is 1. The molecule has 1 aliphatic heterocycles. The van der Waals surface area contributed by atoms with E-state index in [2.05, 4.69) is 13.0 Å². The van der Waals surface area contributed by atoms with Crippen molar-refractivity contribution in [3.63, 3.8) is 0 Å². The van der Waals surface area contributed by atoms with Crippen LogP contribution in [0.3, 0.4) is 0 Å². The zero-order valence-electron chi connectivity index (χ0n) is 11.4. The van der Waals surface area contributed by atoms with Gasteiger partial charge in [0.2, 0.25) is 0 Å². The number of benzene rings is 1. The number of carbonyl (C=O) groups excluding carboxylic acids is 1. The van der Waals surface area contributed by atoms with Crippen LogP contribution in [0.4, 0.5) is 0 Å². The minimum atomic E-state index is -0.190. The molecule has 0 aliphatic carbocycles. The molecule has 0 N–H and O–H groups in total. The minimum absolute atomic E-state index is 0.0943. The Morgan fingerprint density at radius 1 is 1.42 bits per heavy atom. The van der Waals surface area contributed by atoms with Gasteiger partial charge in [-0.2, -0.15) is 5.26 Å². The molecule has 19 heavy (non-hydrogen) atoms. The maximum absolute atomic E-state index is 12.6. The second-order valence-electron chi connectivity index (χ2n) is 5.18. The van der Waals surface area contributed by atoms with Gasteiger partial charge in [0, 0.05) is 5.92 Å². The Kier molecular flexibility index (Phi) is 4.21. The lowest BCUT2D eigenvalue weighted by Gasteiger charge is -2.33. The van der Waals surface area contributed by atoms with E-state index in [1.54, 1.807) is 0 Å². The number of hydrogen-bond donors (Lipinski definition) is 0. The van der Waals surface area contributed by atoms with Crippen molar-refractivity contribution in [3.05, 3.63) is 29.8 Å². The second-order valence-corrected chi connectivity index (χ2v) is 5.18. The lowest BCUT2D eigenvalue weighted by Crippen LogP contribution is -2.38. The normalized spacial score (nSPS) is 23.1. The molecule has 0 saturated carbocycles. The van der Waals surface area contributed by atoms with E-state index in [-0.39, 0.29) is 23.7 Å². The smallest absolute Gasteiger partial charge is 0.173 e. The van der Waals surface area contributed by atoms with E-state index in [0.29, 0.717) is 17.7 Å². The van der Waals surface area contributed by atoms with Gasteiger partial charge in [0.05, 0.1) is 17.6 Å². The van der Waals surface area contributed by atoms with Crippen LogP contribution in [-0.4, -0.2) is 11.9 Å². The predicted molar refractivity (Wildman–Crippen MR) is 73.0 cm³/mol. The van der Waals surface area contributed by atoms with Crippen LogP contribution in [0.15, 0.2) is 24.3 Å². The van der Waals surface area contributed by atoms with Gasteiger partial charge >= 0.3 is 0 Å². The summed E-state index contributed by atoms with van der Waals surface area (Å²) >= 11 is 0. The third kappa shape index (κ3) is 2.78. The first-order chi connectivity index (χ1) is 9.17. The van der Waals surface area contributed by atoms with Crippen LogP contribution in [-0.2, 0) is 0 Å². The van der Waals surface area contributed by atoms with E-state index in [1.165, 1.54) is 0 Å². The summed E-state index contributed by atoms with van der Waals surface area (Å²) in [4.78, 5) is 12.6. The average molecular weight is 257 g/mol. The van der Waals surface area contributed by atoms with Gasteiger partial charge in [-0.1, -0.05) is 25.5 Å². The number of nitriles is 1. The Morgan fingerprint density at radius 2 is 2.16 bits per heavy atom. The number of carbonyl (C=O) groups is 1. The number of hydrogen-bond acceptors (Lipinski definition) is 3. The highest BCUT2D eigenvalue weighted by Gasteiger charge is 2.37. The Balaban J connectivity index is 2.29. The minimum Gasteiger partial charge on any atom is -0.489 e. The van der Waals surface area contributed by atoms with Crippen molar-refractivity contribution < 1.29 is 9.53 Å². The lowest BCUT2D eigenvalue weighted by atomic mass is 9.82. The number of fused-ring (bicyclic) bond motifs is 1. The molecule has 3 atom stereocenters. The first-order valence-corrected chi connectivity index (χ1v) is 6.86. The van der Waals surface area contributed by atoms with Crippen LogP contribution in [0, 0.1) is 23.2 Å². The second kappa shape index (κ2) is 5.88. The molecule has 3 unspecified atom stereocenters. The summed E-state index contributed by atoms with van der Waals surface area (Å²) < 4.78 is 5.97. The first-order valence-electron chi connectivity index (χ1n) is 6.86. The van der Waals surface area contributed by atoms with Crippen LogP contribution in [0.2, 0.25) is 0 Å². The number of ether oxygens (including phenoxy) is 1. The largest absolute Gasteiger partial charge is 0.489 e. The fourth-order valence-electron chi connectivity index (χ4n) is 2.62. The summed E-state index contributed by atoms with van der Waals surface area (Å²) in [5.41, 5.74) is 0.657. The van der Waals surface area contributed by atoms with Gasteiger partial charge in [0.1, 0.15) is 11.9 Å². The molecule has 0 aromatic heterocycles. The molecule has 1 heterocycles. The Labute approximate surface area is 114 Å². The molecule has 0 saturated heterocycles. The zero-order valence-corrected chi connectivity index (χ0v) is 11.4. The topological polar surface area (TPSA) is 50.1 Å². The van der Waals surface area contributed by atoms with E-state index in [1.807, 2.05) is 31.2 Å². The standard InChI is InChI=1S/C16H19NO2/c1-3-6-14-13(9-11(2)10-17)16(18)12-7-4-5-8-15(12)19-14/h4-5,7-8,11,13-14H,3,6,9H2,1-2H3. The first kappa shape index (κ1) is 13.6. The van der Waals surface area contributed by atoms with Crippen molar-refractivity contribution in [2.45, 2.75) is 39.2 Å². The van der Waals surface area contributed by atoms with Gasteiger partial charge in [0.25, 0.3) is 0 Å². The van der Waals surface area contributed by atoms with Crippen molar-refractivity contribution in [1.82, 2.24) is 0 Å². The van der Waals surface area contributed by atoms with Crippen LogP contribution >= 0.6 is 0 Å². The fraction of sp³-hybridized carbons (Fsp3) is 0.500. The molecular formula is C16H19NO2. The van der Waals surface area contributed by atoms with Gasteiger partial charge in [-0.15, -0.1) is 0 Å². The van der Waals surface area contributed by atoms with Crippen molar-refractivity contribution in [2.75, 3.05) is 0 Å². The molecule has 0 radical (unpaired) electrons. The highest BCUT2D eigenvalue weighted by atomic mass is 16.5. The number of para-hydroxylation sites is 1. The highest BCUT2D eigenvalue weighted by molar-refractivity contribution is 6.01. The highest BCUT2D eigenvalue weighted by Crippen LogP contribution is 2.35. The van der Waals surface area contributed by atoms with Gasteiger partial charge in [-0.3, -0.25) is 4.79 Å². The van der Waals surface area contributed by atoms with Gasteiger partial charge < -0.3 is 4.74 Å². The molecule has 100 valence electrons. The van der Waals surface area contributed by atoms with Crippen LogP contribution in [0.25, 0.3) is 0 Å². The molecule has 3 nitrogen and oxygen atoms in total. The summed E-state index contributed by atoms with van der Waals surface area (Å²) in [6, 6.07) is 9.60. The number of rotatable bonds is 4. The Hall–Kier alpha value is -1.82. The van der Waals surface area contributed by atoms with Crippen LogP contribution in [0.1, 0.15) is 43.5 Å². The molecule has 1 aliphatic rings. The van der Waals surface area contributed by atoms with Crippen molar-refractivity contribution in [1.29, 1.82) is 5.26 Å². The maximum atomic E-state index is 12.6. The molecule has 3 heteroatoms. The van der Waals surface area contributed by atoms with E-state index in [0.717, 1.165) is 12.8 Å². The fourth-order valence-corrected chi connectivity index (χ4v) is 2.62. The Bertz CT molecular complexity index is 504. The summed E-state index contributed by atoms with van der Waals surface area (Å²) in [5, 5.41) is 8.96. The summed E-state index contributed by atoms with van der Waals surface area (Å²) in [5.74, 6) is 0.501. The third-order valence-electron chi connectivity index (χ3n) is 3.62. The van der Waals surface area contributed by atoms with Gasteiger partial charge in [-0.25, -0.2) is 0 Å². The molecular weight excluding hydrogens is 238 g/mol. The third-order valence-corrected chi connectivity index (χ3v) is 3.62. The molecule has 0 amide bonds. The number of ketones is 1. The summed E-state index contributed by atoms with van der Waals surface area (Å²) in [6.07, 6.45) is 2.30. The van der Waals surface area contributed by atoms with E-state index in [9.17, 15) is 4.79 Å². The van der Waals surface area contributed by atoms with Crippen molar-refractivity contribution >= 4 is 5.78 Å². The molecule has 0 spiro atoms.